The SMILES string of the molecule is Cn1c(=O)n(CC(=O)NC2CCS(=O)(=O)C2)c2ccccc21. The molecule has 0 saturated carbocycles. The minimum absolute atomic E-state index is 0.0246. The second-order valence-electron chi connectivity index (χ2n) is 5.58. The minimum atomic E-state index is -3.04. The van der Waals surface area contributed by atoms with Crippen LogP contribution in [0.25, 0.3) is 11.0 Å². The van der Waals surface area contributed by atoms with Gasteiger partial charge in [-0.05, 0) is 18.6 Å². The molecular weight excluding hydrogens is 306 g/mol. The molecule has 1 aliphatic heterocycles. The summed E-state index contributed by atoms with van der Waals surface area (Å²) >= 11 is 0. The Balaban J connectivity index is 1.80. The zero-order valence-electron chi connectivity index (χ0n) is 12.2. The van der Waals surface area contributed by atoms with E-state index in [1.54, 1.807) is 19.2 Å². The molecule has 3 rings (SSSR count). The van der Waals surface area contributed by atoms with E-state index in [1.807, 2.05) is 12.1 Å². The van der Waals surface area contributed by atoms with Crippen LogP contribution in [0.15, 0.2) is 29.1 Å². The Bertz CT molecular complexity index is 894. The first-order valence-corrected chi connectivity index (χ1v) is 8.83. The molecule has 1 N–H and O–H groups in total. The van der Waals surface area contributed by atoms with Gasteiger partial charge in [0.05, 0.1) is 22.5 Å². The number of rotatable bonds is 3. The Labute approximate surface area is 127 Å². The summed E-state index contributed by atoms with van der Waals surface area (Å²) in [5.41, 5.74) is 1.17. The van der Waals surface area contributed by atoms with E-state index in [0.29, 0.717) is 11.9 Å². The van der Waals surface area contributed by atoms with Gasteiger partial charge in [-0.3, -0.25) is 13.9 Å². The number of carbonyl (C=O) groups is 1. The normalized spacial score (nSPS) is 20.3. The molecule has 118 valence electrons. The van der Waals surface area contributed by atoms with Gasteiger partial charge in [-0.25, -0.2) is 13.2 Å². The summed E-state index contributed by atoms with van der Waals surface area (Å²) in [5, 5.41) is 2.70. The molecule has 1 unspecified atom stereocenters. The number of hydrogen-bond donors (Lipinski definition) is 1. The maximum atomic E-state index is 12.2. The van der Waals surface area contributed by atoms with Crippen molar-refractivity contribution in [3.63, 3.8) is 0 Å². The number of benzene rings is 1. The fourth-order valence-electron chi connectivity index (χ4n) is 2.84. The third-order valence-electron chi connectivity index (χ3n) is 3.95. The van der Waals surface area contributed by atoms with Crippen molar-refractivity contribution in [2.75, 3.05) is 11.5 Å². The first-order valence-electron chi connectivity index (χ1n) is 7.01. The van der Waals surface area contributed by atoms with Crippen LogP contribution < -0.4 is 11.0 Å². The maximum absolute atomic E-state index is 12.2. The first kappa shape index (κ1) is 14.8. The average Bonchev–Trinajstić information content (AvgIpc) is 2.92. The molecule has 1 atom stereocenters. The number of fused-ring (bicyclic) bond motifs is 1. The predicted molar refractivity (Wildman–Crippen MR) is 82.4 cm³/mol. The molecule has 1 saturated heterocycles. The summed E-state index contributed by atoms with van der Waals surface area (Å²) in [6.45, 7) is -0.114. The van der Waals surface area contributed by atoms with Crippen molar-refractivity contribution in [2.45, 2.75) is 19.0 Å². The van der Waals surface area contributed by atoms with Gasteiger partial charge in [0.1, 0.15) is 6.54 Å². The van der Waals surface area contributed by atoms with Crippen LogP contribution in [0.4, 0.5) is 0 Å². The number of carbonyl (C=O) groups excluding carboxylic acids is 1. The fourth-order valence-corrected chi connectivity index (χ4v) is 4.52. The Morgan fingerprint density at radius 3 is 2.64 bits per heavy atom. The van der Waals surface area contributed by atoms with Gasteiger partial charge in [-0.1, -0.05) is 12.1 Å². The molecule has 1 aromatic heterocycles. The Morgan fingerprint density at radius 2 is 2.00 bits per heavy atom. The third-order valence-corrected chi connectivity index (χ3v) is 5.72. The lowest BCUT2D eigenvalue weighted by Crippen LogP contribution is -2.39. The van der Waals surface area contributed by atoms with E-state index in [9.17, 15) is 18.0 Å². The number of amides is 1. The lowest BCUT2D eigenvalue weighted by atomic mass is 10.2. The molecule has 2 aromatic rings. The zero-order chi connectivity index (χ0) is 15.9. The van der Waals surface area contributed by atoms with E-state index in [0.717, 1.165) is 5.52 Å². The number of aromatic nitrogens is 2. The summed E-state index contributed by atoms with van der Waals surface area (Å²) in [6.07, 6.45) is 0.429. The monoisotopic (exact) mass is 323 g/mol. The number of nitrogens with zero attached hydrogens (tertiary/aromatic N) is 2. The number of imidazole rings is 1. The second kappa shape index (κ2) is 5.28. The molecule has 0 spiro atoms. The Morgan fingerprint density at radius 1 is 1.32 bits per heavy atom. The highest BCUT2D eigenvalue weighted by Crippen LogP contribution is 2.13. The van der Waals surface area contributed by atoms with E-state index in [-0.39, 0.29) is 35.7 Å². The van der Waals surface area contributed by atoms with E-state index in [1.165, 1.54) is 9.13 Å². The van der Waals surface area contributed by atoms with Gasteiger partial charge in [-0.2, -0.15) is 0 Å². The van der Waals surface area contributed by atoms with Crippen molar-refractivity contribution in [1.82, 2.24) is 14.5 Å². The summed E-state index contributed by atoms with van der Waals surface area (Å²) in [7, 11) is -1.38. The van der Waals surface area contributed by atoms with Gasteiger partial charge >= 0.3 is 5.69 Å². The van der Waals surface area contributed by atoms with Crippen molar-refractivity contribution < 1.29 is 13.2 Å². The Hall–Kier alpha value is -2.09. The van der Waals surface area contributed by atoms with Crippen molar-refractivity contribution >= 4 is 26.8 Å². The molecule has 1 aliphatic rings. The number of hydrogen-bond acceptors (Lipinski definition) is 4. The van der Waals surface area contributed by atoms with Crippen LogP contribution in [0.2, 0.25) is 0 Å². The van der Waals surface area contributed by atoms with Crippen LogP contribution in [0.3, 0.4) is 0 Å². The highest BCUT2D eigenvalue weighted by molar-refractivity contribution is 7.91. The molecule has 22 heavy (non-hydrogen) atoms. The quantitative estimate of drug-likeness (QED) is 0.835. The van der Waals surface area contributed by atoms with Gasteiger partial charge in [0.2, 0.25) is 5.91 Å². The third kappa shape index (κ3) is 2.66. The van der Waals surface area contributed by atoms with Crippen molar-refractivity contribution in [2.24, 2.45) is 7.05 Å². The summed E-state index contributed by atoms with van der Waals surface area (Å²) in [4.78, 5) is 24.3. The summed E-state index contributed by atoms with van der Waals surface area (Å²) < 4.78 is 25.7. The second-order valence-corrected chi connectivity index (χ2v) is 7.81. The van der Waals surface area contributed by atoms with E-state index < -0.39 is 9.84 Å². The van der Waals surface area contributed by atoms with Gasteiger partial charge < -0.3 is 5.32 Å². The van der Waals surface area contributed by atoms with E-state index >= 15 is 0 Å². The minimum Gasteiger partial charge on any atom is -0.351 e. The zero-order valence-corrected chi connectivity index (χ0v) is 13.0. The highest BCUT2D eigenvalue weighted by atomic mass is 32.2. The van der Waals surface area contributed by atoms with Gasteiger partial charge in [0.25, 0.3) is 0 Å². The number of nitrogens with one attached hydrogen (secondary N) is 1. The molecule has 8 heteroatoms. The standard InChI is InChI=1S/C14H17N3O4S/c1-16-11-4-2-3-5-12(11)17(14(16)19)8-13(18)15-10-6-7-22(20,21)9-10/h2-5,10H,6-9H2,1H3,(H,15,18). The van der Waals surface area contributed by atoms with E-state index in [2.05, 4.69) is 5.32 Å². The summed E-state index contributed by atoms with van der Waals surface area (Å²) in [5.74, 6) is -0.268. The maximum Gasteiger partial charge on any atom is 0.329 e. The van der Waals surface area contributed by atoms with Crippen LogP contribution in [0, 0.1) is 0 Å². The molecule has 0 radical (unpaired) electrons. The van der Waals surface area contributed by atoms with Crippen LogP contribution >= 0.6 is 0 Å². The van der Waals surface area contributed by atoms with E-state index in [4.69, 9.17) is 0 Å². The molecule has 7 nitrogen and oxygen atoms in total. The van der Waals surface area contributed by atoms with Crippen LogP contribution in [-0.2, 0) is 28.2 Å². The number of para-hydroxylation sites is 2. The smallest absolute Gasteiger partial charge is 0.329 e. The van der Waals surface area contributed by atoms with Crippen molar-refractivity contribution in [3.05, 3.63) is 34.7 Å². The highest BCUT2D eigenvalue weighted by Gasteiger charge is 2.29. The first-order chi connectivity index (χ1) is 10.4. The van der Waals surface area contributed by atoms with Gasteiger partial charge in [-0.15, -0.1) is 0 Å². The lowest BCUT2D eigenvalue weighted by Gasteiger charge is -2.11. The molecule has 1 fully saturated rings. The Kier molecular flexibility index (Phi) is 3.56. The van der Waals surface area contributed by atoms with Crippen molar-refractivity contribution in [1.29, 1.82) is 0 Å². The molecule has 0 bridgehead atoms. The van der Waals surface area contributed by atoms with Crippen molar-refractivity contribution in [3.8, 4) is 0 Å². The number of aryl methyl sites for hydroxylation is 1. The molecule has 1 amide bonds. The van der Waals surface area contributed by atoms with Gasteiger partial charge in [0, 0.05) is 13.1 Å². The fraction of sp³-hybridized carbons (Fsp3) is 0.429. The lowest BCUT2D eigenvalue weighted by molar-refractivity contribution is -0.122. The van der Waals surface area contributed by atoms with Gasteiger partial charge in [0.15, 0.2) is 9.84 Å². The molecule has 0 aliphatic carbocycles. The van der Waals surface area contributed by atoms with Crippen LogP contribution in [-0.4, -0.2) is 41.0 Å². The van der Waals surface area contributed by atoms with Crippen LogP contribution in [0.1, 0.15) is 6.42 Å². The largest absolute Gasteiger partial charge is 0.351 e. The number of sulfone groups is 1. The predicted octanol–water partition coefficient (Wildman–Crippen LogP) is -0.357. The topological polar surface area (TPSA) is 90.2 Å². The molecule has 1 aromatic carbocycles. The summed E-state index contributed by atoms with van der Waals surface area (Å²) in [6, 6.07) is 6.87. The average molecular weight is 323 g/mol. The molecule has 2 heterocycles. The van der Waals surface area contributed by atoms with Crippen LogP contribution in [0.5, 0.6) is 0 Å². The molecular formula is C14H17N3O4S.